The van der Waals surface area contributed by atoms with Crippen molar-refractivity contribution in [3.05, 3.63) is 29.6 Å². The predicted octanol–water partition coefficient (Wildman–Crippen LogP) is 1.58. The van der Waals surface area contributed by atoms with Crippen LogP contribution in [0.25, 0.3) is 0 Å². The lowest BCUT2D eigenvalue weighted by molar-refractivity contribution is 0.235. The van der Waals surface area contributed by atoms with Crippen LogP contribution in [0.3, 0.4) is 0 Å². The molecule has 2 amide bonds. The van der Waals surface area contributed by atoms with Crippen molar-refractivity contribution in [1.82, 2.24) is 10.6 Å². The van der Waals surface area contributed by atoms with Crippen molar-refractivity contribution < 1.29 is 19.0 Å². The second kappa shape index (κ2) is 7.58. The SMILES string of the molecule is COc1cc(C(C)NC(=O)NCCCO)ccc1F. The fraction of sp³-hybridized carbons (Fsp3) is 0.462. The van der Waals surface area contributed by atoms with Gasteiger partial charge >= 0.3 is 6.03 Å². The summed E-state index contributed by atoms with van der Waals surface area (Å²) in [6.45, 7) is 2.23. The molecule has 1 aromatic carbocycles. The van der Waals surface area contributed by atoms with E-state index in [0.29, 0.717) is 13.0 Å². The third-order valence-corrected chi connectivity index (χ3v) is 2.64. The fourth-order valence-electron chi connectivity index (χ4n) is 1.56. The van der Waals surface area contributed by atoms with Crippen molar-refractivity contribution >= 4 is 6.03 Å². The topological polar surface area (TPSA) is 70.6 Å². The van der Waals surface area contributed by atoms with Crippen molar-refractivity contribution in [2.45, 2.75) is 19.4 Å². The number of urea groups is 1. The molecule has 0 aromatic heterocycles. The van der Waals surface area contributed by atoms with Crippen LogP contribution in [0.2, 0.25) is 0 Å². The van der Waals surface area contributed by atoms with E-state index in [1.54, 1.807) is 19.1 Å². The normalized spacial score (nSPS) is 11.8. The molecule has 6 heteroatoms. The van der Waals surface area contributed by atoms with Crippen LogP contribution in [0.4, 0.5) is 9.18 Å². The number of benzene rings is 1. The molecule has 106 valence electrons. The minimum atomic E-state index is -0.439. The van der Waals surface area contributed by atoms with E-state index in [2.05, 4.69) is 10.6 Å². The second-order valence-electron chi connectivity index (χ2n) is 4.09. The summed E-state index contributed by atoms with van der Waals surface area (Å²) in [4.78, 5) is 11.5. The summed E-state index contributed by atoms with van der Waals surface area (Å²) in [6, 6.07) is 3.84. The van der Waals surface area contributed by atoms with Gasteiger partial charge in [0.1, 0.15) is 0 Å². The molecule has 0 bridgehead atoms. The Morgan fingerprint density at radius 2 is 2.26 bits per heavy atom. The first-order valence-corrected chi connectivity index (χ1v) is 6.07. The maximum absolute atomic E-state index is 13.3. The van der Waals surface area contributed by atoms with Gasteiger partial charge in [-0.1, -0.05) is 6.07 Å². The molecule has 0 fully saturated rings. The lowest BCUT2D eigenvalue weighted by Gasteiger charge is -2.16. The third-order valence-electron chi connectivity index (χ3n) is 2.64. The van der Waals surface area contributed by atoms with E-state index < -0.39 is 5.82 Å². The lowest BCUT2D eigenvalue weighted by Crippen LogP contribution is -2.37. The monoisotopic (exact) mass is 270 g/mol. The highest BCUT2D eigenvalue weighted by Gasteiger charge is 2.11. The van der Waals surface area contributed by atoms with Crippen LogP contribution in [0.15, 0.2) is 18.2 Å². The number of ether oxygens (including phenoxy) is 1. The number of aliphatic hydroxyl groups is 1. The molecular weight excluding hydrogens is 251 g/mol. The number of halogens is 1. The summed E-state index contributed by atoms with van der Waals surface area (Å²) in [6.07, 6.45) is 0.506. The number of hydrogen-bond acceptors (Lipinski definition) is 3. The van der Waals surface area contributed by atoms with Gasteiger partial charge < -0.3 is 20.5 Å². The molecule has 0 saturated carbocycles. The lowest BCUT2D eigenvalue weighted by atomic mass is 10.1. The van der Waals surface area contributed by atoms with Crippen molar-refractivity contribution in [2.75, 3.05) is 20.3 Å². The van der Waals surface area contributed by atoms with Crippen molar-refractivity contribution in [1.29, 1.82) is 0 Å². The standard InChI is InChI=1S/C13H19FN2O3/c1-9(16-13(18)15-6-3-7-17)10-4-5-11(14)12(8-10)19-2/h4-5,8-9,17H,3,6-7H2,1-2H3,(H2,15,16,18). The Balaban J connectivity index is 2.57. The zero-order valence-electron chi connectivity index (χ0n) is 11.1. The Bertz CT molecular complexity index is 426. The summed E-state index contributed by atoms with van der Waals surface area (Å²) in [5.74, 6) is -0.294. The van der Waals surface area contributed by atoms with Crippen LogP contribution in [-0.4, -0.2) is 31.4 Å². The van der Waals surface area contributed by atoms with Gasteiger partial charge in [0, 0.05) is 13.2 Å². The first-order valence-electron chi connectivity index (χ1n) is 6.07. The molecule has 0 saturated heterocycles. The molecule has 1 atom stereocenters. The van der Waals surface area contributed by atoms with Gasteiger partial charge in [-0.25, -0.2) is 9.18 Å². The van der Waals surface area contributed by atoms with Crippen LogP contribution < -0.4 is 15.4 Å². The number of methoxy groups -OCH3 is 1. The zero-order valence-corrected chi connectivity index (χ0v) is 11.1. The Labute approximate surface area is 111 Å². The molecule has 0 heterocycles. The van der Waals surface area contributed by atoms with Gasteiger partial charge in [0.2, 0.25) is 0 Å². The van der Waals surface area contributed by atoms with E-state index >= 15 is 0 Å². The number of carbonyl (C=O) groups is 1. The smallest absolute Gasteiger partial charge is 0.315 e. The highest BCUT2D eigenvalue weighted by molar-refractivity contribution is 5.74. The molecule has 0 spiro atoms. The van der Waals surface area contributed by atoms with Crippen LogP contribution in [-0.2, 0) is 0 Å². The van der Waals surface area contributed by atoms with Gasteiger partial charge in [-0.2, -0.15) is 0 Å². The summed E-state index contributed by atoms with van der Waals surface area (Å²) in [7, 11) is 1.39. The molecule has 0 radical (unpaired) electrons. The predicted molar refractivity (Wildman–Crippen MR) is 69.6 cm³/mol. The average molecular weight is 270 g/mol. The Morgan fingerprint density at radius 1 is 1.53 bits per heavy atom. The van der Waals surface area contributed by atoms with E-state index in [-0.39, 0.29) is 24.4 Å². The average Bonchev–Trinajstić information content (AvgIpc) is 2.39. The summed E-state index contributed by atoms with van der Waals surface area (Å²) < 4.78 is 18.1. The van der Waals surface area contributed by atoms with Crippen LogP contribution in [0.1, 0.15) is 24.9 Å². The minimum absolute atomic E-state index is 0.0327. The molecule has 19 heavy (non-hydrogen) atoms. The van der Waals surface area contributed by atoms with Crippen molar-refractivity contribution in [3.63, 3.8) is 0 Å². The van der Waals surface area contributed by atoms with E-state index in [1.165, 1.54) is 13.2 Å². The Hall–Kier alpha value is -1.82. The number of nitrogens with one attached hydrogen (secondary N) is 2. The van der Waals surface area contributed by atoms with Crippen molar-refractivity contribution in [2.24, 2.45) is 0 Å². The molecular formula is C13H19FN2O3. The van der Waals surface area contributed by atoms with Gasteiger partial charge in [0.05, 0.1) is 13.2 Å². The zero-order chi connectivity index (χ0) is 14.3. The number of rotatable bonds is 6. The van der Waals surface area contributed by atoms with E-state index in [9.17, 15) is 9.18 Å². The van der Waals surface area contributed by atoms with Gasteiger partial charge in [-0.05, 0) is 31.0 Å². The van der Waals surface area contributed by atoms with E-state index in [1.807, 2.05) is 0 Å². The summed E-state index contributed by atoms with van der Waals surface area (Å²) >= 11 is 0. The minimum Gasteiger partial charge on any atom is -0.494 e. The van der Waals surface area contributed by atoms with Gasteiger partial charge in [0.15, 0.2) is 11.6 Å². The quantitative estimate of drug-likeness (QED) is 0.687. The van der Waals surface area contributed by atoms with Gasteiger partial charge in [0.25, 0.3) is 0 Å². The molecule has 0 aliphatic heterocycles. The molecule has 0 aliphatic carbocycles. The third kappa shape index (κ3) is 4.75. The molecule has 1 aromatic rings. The van der Waals surface area contributed by atoms with E-state index in [4.69, 9.17) is 9.84 Å². The molecule has 5 nitrogen and oxygen atoms in total. The van der Waals surface area contributed by atoms with Crippen LogP contribution in [0.5, 0.6) is 5.75 Å². The second-order valence-corrected chi connectivity index (χ2v) is 4.09. The first-order chi connectivity index (χ1) is 9.08. The number of carbonyl (C=O) groups excluding carboxylic acids is 1. The van der Waals surface area contributed by atoms with Gasteiger partial charge in [-0.3, -0.25) is 0 Å². The number of amides is 2. The van der Waals surface area contributed by atoms with Crippen LogP contribution >= 0.6 is 0 Å². The summed E-state index contributed by atoms with van der Waals surface area (Å²) in [5.41, 5.74) is 0.746. The summed E-state index contributed by atoms with van der Waals surface area (Å²) in [5, 5.41) is 13.9. The maximum atomic E-state index is 13.3. The molecule has 1 rings (SSSR count). The highest BCUT2D eigenvalue weighted by atomic mass is 19.1. The number of aliphatic hydroxyl groups excluding tert-OH is 1. The Kier molecular flexibility index (Phi) is 6.08. The first kappa shape index (κ1) is 15.2. The van der Waals surface area contributed by atoms with Gasteiger partial charge in [-0.15, -0.1) is 0 Å². The van der Waals surface area contributed by atoms with E-state index in [0.717, 1.165) is 5.56 Å². The maximum Gasteiger partial charge on any atom is 0.315 e. The van der Waals surface area contributed by atoms with Crippen molar-refractivity contribution in [3.8, 4) is 5.75 Å². The highest BCUT2D eigenvalue weighted by Crippen LogP contribution is 2.22. The Morgan fingerprint density at radius 3 is 2.89 bits per heavy atom. The molecule has 3 N–H and O–H groups in total. The number of hydrogen-bond donors (Lipinski definition) is 3. The van der Waals surface area contributed by atoms with Crippen LogP contribution in [0, 0.1) is 5.82 Å². The molecule has 1 unspecified atom stereocenters. The largest absolute Gasteiger partial charge is 0.494 e. The fourth-order valence-corrected chi connectivity index (χ4v) is 1.56. The molecule has 0 aliphatic rings.